The SMILES string of the molecule is Fc1ccc2nc(/C(Cl)=C/c3nccn3CC(F)(F)F)oc2c1. The van der Waals surface area contributed by atoms with Gasteiger partial charge in [-0.25, -0.2) is 14.4 Å². The molecule has 1 aromatic carbocycles. The maximum Gasteiger partial charge on any atom is 0.406 e. The van der Waals surface area contributed by atoms with Crippen LogP contribution in [0.4, 0.5) is 17.6 Å². The van der Waals surface area contributed by atoms with Gasteiger partial charge in [-0.15, -0.1) is 0 Å². The van der Waals surface area contributed by atoms with Crippen LogP contribution in [-0.4, -0.2) is 20.7 Å². The zero-order chi connectivity index (χ0) is 16.6. The zero-order valence-corrected chi connectivity index (χ0v) is 12.1. The van der Waals surface area contributed by atoms with Crippen molar-refractivity contribution in [3.8, 4) is 0 Å². The molecule has 0 amide bonds. The van der Waals surface area contributed by atoms with E-state index in [2.05, 4.69) is 9.97 Å². The van der Waals surface area contributed by atoms with Gasteiger partial charge in [0.05, 0.1) is 0 Å². The number of hydrogen-bond acceptors (Lipinski definition) is 3. The molecule has 120 valence electrons. The molecule has 0 saturated carbocycles. The minimum Gasteiger partial charge on any atom is -0.435 e. The molecule has 2 aromatic heterocycles. The van der Waals surface area contributed by atoms with Crippen LogP contribution < -0.4 is 0 Å². The molecule has 0 unspecified atom stereocenters. The van der Waals surface area contributed by atoms with Crippen LogP contribution in [0.1, 0.15) is 11.7 Å². The van der Waals surface area contributed by atoms with Gasteiger partial charge in [0, 0.05) is 24.5 Å². The van der Waals surface area contributed by atoms with Gasteiger partial charge in [-0.1, -0.05) is 11.6 Å². The van der Waals surface area contributed by atoms with E-state index in [9.17, 15) is 17.6 Å². The topological polar surface area (TPSA) is 43.9 Å². The molecule has 0 spiro atoms. The molecule has 4 nitrogen and oxygen atoms in total. The number of rotatable bonds is 3. The molecule has 3 aromatic rings. The summed E-state index contributed by atoms with van der Waals surface area (Å²) in [6.07, 6.45) is -0.770. The highest BCUT2D eigenvalue weighted by atomic mass is 35.5. The first kappa shape index (κ1) is 15.5. The van der Waals surface area contributed by atoms with E-state index in [1.54, 1.807) is 0 Å². The third-order valence-corrected chi connectivity index (χ3v) is 3.18. The standard InChI is InChI=1S/C14H8ClF4N3O/c15-9(6-12-20-3-4-22(12)7-14(17,18)19)13-21-10-2-1-8(16)5-11(10)23-13/h1-6H,7H2/b9-6-. The van der Waals surface area contributed by atoms with Gasteiger partial charge >= 0.3 is 6.18 Å². The van der Waals surface area contributed by atoms with Crippen LogP contribution in [0.3, 0.4) is 0 Å². The monoisotopic (exact) mass is 345 g/mol. The average molecular weight is 346 g/mol. The summed E-state index contributed by atoms with van der Waals surface area (Å²) in [5.41, 5.74) is 0.566. The van der Waals surface area contributed by atoms with Gasteiger partial charge in [-0.3, -0.25) is 0 Å². The van der Waals surface area contributed by atoms with E-state index in [1.165, 1.54) is 30.6 Å². The molecule has 0 fully saturated rings. The Morgan fingerprint density at radius 1 is 1.35 bits per heavy atom. The molecule has 3 rings (SSSR count). The summed E-state index contributed by atoms with van der Waals surface area (Å²) in [5, 5.41) is -0.0452. The Balaban J connectivity index is 1.94. The molecule has 0 aliphatic carbocycles. The van der Waals surface area contributed by atoms with Gasteiger partial charge in [0.1, 0.15) is 28.7 Å². The second-order valence-electron chi connectivity index (χ2n) is 4.65. The molecule has 0 atom stereocenters. The Hall–Kier alpha value is -2.35. The van der Waals surface area contributed by atoms with E-state index in [0.29, 0.717) is 5.52 Å². The normalized spacial score (nSPS) is 13.0. The predicted molar refractivity (Wildman–Crippen MR) is 76.0 cm³/mol. The summed E-state index contributed by atoms with van der Waals surface area (Å²) >= 11 is 6.03. The van der Waals surface area contributed by atoms with Crippen molar-refractivity contribution in [3.63, 3.8) is 0 Å². The van der Waals surface area contributed by atoms with Gasteiger partial charge in [-0.2, -0.15) is 13.2 Å². The van der Waals surface area contributed by atoms with Crippen molar-refractivity contribution in [1.29, 1.82) is 0 Å². The van der Waals surface area contributed by atoms with Gasteiger partial charge in [0.2, 0.25) is 5.89 Å². The van der Waals surface area contributed by atoms with E-state index >= 15 is 0 Å². The van der Waals surface area contributed by atoms with Crippen LogP contribution in [0.5, 0.6) is 0 Å². The molecule has 0 saturated heterocycles. The molecular weight excluding hydrogens is 338 g/mol. The fraction of sp³-hybridized carbons (Fsp3) is 0.143. The second-order valence-corrected chi connectivity index (χ2v) is 5.06. The molecule has 0 aliphatic rings. The van der Waals surface area contributed by atoms with Gasteiger partial charge in [-0.05, 0) is 12.1 Å². The number of hydrogen-bond donors (Lipinski definition) is 0. The Labute approximate surface area is 132 Å². The van der Waals surface area contributed by atoms with Gasteiger partial charge in [0.15, 0.2) is 5.58 Å². The first-order chi connectivity index (χ1) is 10.8. The highest BCUT2D eigenvalue weighted by molar-refractivity contribution is 6.50. The van der Waals surface area contributed by atoms with Crippen LogP contribution in [0, 0.1) is 5.82 Å². The first-order valence-electron chi connectivity index (χ1n) is 6.33. The summed E-state index contributed by atoms with van der Waals surface area (Å²) in [6, 6.07) is 3.76. The Morgan fingerprint density at radius 2 is 2.13 bits per heavy atom. The number of oxazole rings is 1. The summed E-state index contributed by atoms with van der Waals surface area (Å²) in [5.74, 6) is -0.532. The highest BCUT2D eigenvalue weighted by Crippen LogP contribution is 2.26. The smallest absolute Gasteiger partial charge is 0.406 e. The number of fused-ring (bicyclic) bond motifs is 1. The third kappa shape index (κ3) is 3.53. The largest absolute Gasteiger partial charge is 0.435 e. The lowest BCUT2D eigenvalue weighted by atomic mass is 10.3. The predicted octanol–water partition coefficient (Wildman–Crippen LogP) is 4.46. The molecule has 0 bridgehead atoms. The Bertz CT molecular complexity index is 882. The van der Waals surface area contributed by atoms with E-state index in [-0.39, 0.29) is 22.3 Å². The molecule has 0 radical (unpaired) electrons. The quantitative estimate of drug-likeness (QED) is 0.658. The maximum absolute atomic E-state index is 13.1. The molecule has 9 heteroatoms. The van der Waals surface area contributed by atoms with Crippen molar-refractivity contribution in [3.05, 3.63) is 48.1 Å². The average Bonchev–Trinajstić information content (AvgIpc) is 3.03. The third-order valence-electron chi connectivity index (χ3n) is 2.91. The summed E-state index contributed by atoms with van der Waals surface area (Å²) in [7, 11) is 0. The fourth-order valence-corrected chi connectivity index (χ4v) is 2.14. The Kier molecular flexibility index (Phi) is 3.85. The lowest BCUT2D eigenvalue weighted by molar-refractivity contribution is -0.140. The maximum atomic E-state index is 13.1. The minimum atomic E-state index is -4.38. The van der Waals surface area contributed by atoms with E-state index in [0.717, 1.165) is 10.6 Å². The van der Waals surface area contributed by atoms with Gasteiger partial charge < -0.3 is 8.98 Å². The number of imidazole rings is 1. The number of benzene rings is 1. The van der Waals surface area contributed by atoms with E-state index in [1.807, 2.05) is 0 Å². The number of halogens is 5. The van der Waals surface area contributed by atoms with Crippen molar-refractivity contribution in [2.75, 3.05) is 0 Å². The number of nitrogens with zero attached hydrogens (tertiary/aromatic N) is 3. The summed E-state index contributed by atoms with van der Waals surface area (Å²) in [6.45, 7) is -1.19. The molecule has 23 heavy (non-hydrogen) atoms. The number of alkyl halides is 3. The molecule has 2 heterocycles. The Morgan fingerprint density at radius 3 is 2.87 bits per heavy atom. The summed E-state index contributed by atoms with van der Waals surface area (Å²) in [4.78, 5) is 7.85. The van der Waals surface area contributed by atoms with Crippen molar-refractivity contribution < 1.29 is 22.0 Å². The fourth-order valence-electron chi connectivity index (χ4n) is 1.96. The highest BCUT2D eigenvalue weighted by Gasteiger charge is 2.28. The summed E-state index contributed by atoms with van der Waals surface area (Å²) < 4.78 is 56.7. The van der Waals surface area contributed by atoms with E-state index < -0.39 is 18.5 Å². The molecule has 0 aliphatic heterocycles. The van der Waals surface area contributed by atoms with Gasteiger partial charge in [0.25, 0.3) is 0 Å². The lowest BCUT2D eigenvalue weighted by Crippen LogP contribution is -2.18. The van der Waals surface area contributed by atoms with Crippen LogP contribution in [-0.2, 0) is 6.54 Å². The lowest BCUT2D eigenvalue weighted by Gasteiger charge is -2.08. The zero-order valence-electron chi connectivity index (χ0n) is 11.3. The number of aromatic nitrogens is 3. The van der Waals surface area contributed by atoms with Crippen LogP contribution in [0.25, 0.3) is 22.2 Å². The molecule has 0 N–H and O–H groups in total. The van der Waals surface area contributed by atoms with Crippen molar-refractivity contribution in [2.45, 2.75) is 12.7 Å². The first-order valence-corrected chi connectivity index (χ1v) is 6.71. The molecular formula is C14H8ClF4N3O. The van der Waals surface area contributed by atoms with Crippen molar-refractivity contribution in [1.82, 2.24) is 14.5 Å². The van der Waals surface area contributed by atoms with Crippen molar-refractivity contribution in [2.24, 2.45) is 0 Å². The van der Waals surface area contributed by atoms with Crippen LogP contribution in [0.15, 0.2) is 35.0 Å². The van der Waals surface area contributed by atoms with E-state index in [4.69, 9.17) is 16.0 Å². The van der Waals surface area contributed by atoms with Crippen LogP contribution in [0.2, 0.25) is 0 Å². The van der Waals surface area contributed by atoms with Crippen molar-refractivity contribution >= 4 is 33.8 Å². The second kappa shape index (κ2) is 5.69. The minimum absolute atomic E-state index is 0.000705. The van der Waals surface area contributed by atoms with Crippen LogP contribution >= 0.6 is 11.6 Å².